The van der Waals surface area contributed by atoms with Gasteiger partial charge in [-0.15, -0.1) is 0 Å². The maximum atomic E-state index is 6.50. The standard InChI is InChI=1S/C2H6.H3NO.H2O/c2*1-2;/h1-2H3;2H,1H2;1H2. The Labute approximate surface area is 31.7 Å². The van der Waals surface area contributed by atoms with E-state index in [-0.39, 0.29) is 5.48 Å². The Hall–Kier alpha value is -0.120. The van der Waals surface area contributed by atoms with E-state index in [0.717, 1.165) is 0 Å². The molecule has 0 saturated carbocycles. The second-order valence-corrected chi connectivity index (χ2v) is 0. The molecule has 5 N–H and O–H groups in total. The van der Waals surface area contributed by atoms with Gasteiger partial charge in [0.1, 0.15) is 0 Å². The van der Waals surface area contributed by atoms with Crippen LogP contribution in [0.4, 0.5) is 0 Å². The van der Waals surface area contributed by atoms with Crippen molar-refractivity contribution >= 4 is 0 Å². The Kier molecular flexibility index (Phi) is 9290. The van der Waals surface area contributed by atoms with E-state index in [4.69, 9.17) is 5.21 Å². The Morgan fingerprint density at radius 2 is 1.20 bits per heavy atom. The minimum atomic E-state index is 0. The van der Waals surface area contributed by atoms with E-state index in [1.54, 1.807) is 0 Å². The van der Waals surface area contributed by atoms with Gasteiger partial charge >= 0.3 is 0 Å². The zero-order valence-electron chi connectivity index (χ0n) is 3.52. The largest absolute Gasteiger partial charge is 0.412 e. The molecule has 3 nitrogen and oxygen atoms in total. The summed E-state index contributed by atoms with van der Waals surface area (Å²) in [6.45, 7) is 4.00. The van der Waals surface area contributed by atoms with E-state index in [9.17, 15) is 0 Å². The average Bonchev–Trinajstić information content (AvgIpc) is 1.50. The molecule has 0 atom stereocenters. The highest BCUT2D eigenvalue weighted by molar-refractivity contribution is 3.50. The quantitative estimate of drug-likeness (QED) is 0.387. The van der Waals surface area contributed by atoms with Crippen LogP contribution in [0.3, 0.4) is 0 Å². The van der Waals surface area contributed by atoms with Crippen molar-refractivity contribution in [1.29, 1.82) is 0 Å². The molecule has 0 aliphatic carbocycles. The predicted molar refractivity (Wildman–Crippen MR) is 20.9 cm³/mol. The smallest absolute Gasteiger partial charge is 0.0683 e. The molecule has 0 saturated heterocycles. The van der Waals surface area contributed by atoms with Crippen LogP contribution in [0.1, 0.15) is 13.8 Å². The lowest BCUT2D eigenvalue weighted by Crippen LogP contribution is -1.72. The maximum absolute atomic E-state index is 6.50. The van der Waals surface area contributed by atoms with Crippen molar-refractivity contribution in [1.82, 2.24) is 0 Å². The zero-order chi connectivity index (χ0) is 4.00. The van der Waals surface area contributed by atoms with Gasteiger partial charge in [0.25, 0.3) is 0 Å². The van der Waals surface area contributed by atoms with Crippen molar-refractivity contribution in [2.75, 3.05) is 0 Å². The van der Waals surface area contributed by atoms with Gasteiger partial charge in [0.05, 0.1) is 0 Å². The molecule has 5 heavy (non-hydrogen) atoms. The molecular weight excluding hydrogens is 70.0 g/mol. The van der Waals surface area contributed by atoms with Gasteiger partial charge in [0.15, 0.2) is 0 Å². The number of hydrogen-bond donors (Lipinski definition) is 2. The highest BCUT2D eigenvalue weighted by Crippen LogP contribution is 1.14. The van der Waals surface area contributed by atoms with Crippen LogP contribution < -0.4 is 5.90 Å². The number of nitrogens with two attached hydrogens (primary N) is 1. The third-order valence-corrected chi connectivity index (χ3v) is 0. The molecule has 0 bridgehead atoms. The van der Waals surface area contributed by atoms with Gasteiger partial charge in [0.2, 0.25) is 0 Å². The molecule has 0 aromatic carbocycles. The molecule has 0 spiro atoms. The summed E-state index contributed by atoms with van der Waals surface area (Å²) >= 11 is 0. The summed E-state index contributed by atoms with van der Waals surface area (Å²) in [6.07, 6.45) is 0. The van der Waals surface area contributed by atoms with Crippen LogP contribution >= 0.6 is 0 Å². The van der Waals surface area contributed by atoms with Crippen molar-refractivity contribution in [3.8, 4) is 0 Å². The molecule has 0 rings (SSSR count). The van der Waals surface area contributed by atoms with Crippen LogP contribution in [0.25, 0.3) is 0 Å². The normalized spacial score (nSPS) is 2.40. The van der Waals surface area contributed by atoms with Gasteiger partial charge in [-0.1, -0.05) is 13.8 Å². The van der Waals surface area contributed by atoms with Crippen molar-refractivity contribution < 1.29 is 10.7 Å². The Bertz CT molecular complexity index is 7.61. The summed E-state index contributed by atoms with van der Waals surface area (Å²) in [6, 6.07) is 0. The lowest BCUT2D eigenvalue weighted by atomic mass is 11.0. The lowest BCUT2D eigenvalue weighted by Gasteiger charge is -1.27. The van der Waals surface area contributed by atoms with Crippen molar-refractivity contribution in [3.63, 3.8) is 0 Å². The average molecular weight is 81.1 g/mol. The molecule has 0 aliphatic rings. The van der Waals surface area contributed by atoms with Crippen LogP contribution in [-0.4, -0.2) is 10.7 Å². The van der Waals surface area contributed by atoms with Crippen LogP contribution in [0.5, 0.6) is 0 Å². The van der Waals surface area contributed by atoms with E-state index < -0.39 is 0 Å². The fourth-order valence-electron chi connectivity index (χ4n) is 0. The van der Waals surface area contributed by atoms with Crippen molar-refractivity contribution in [3.05, 3.63) is 0 Å². The summed E-state index contributed by atoms with van der Waals surface area (Å²) in [4.78, 5) is 0. The topological polar surface area (TPSA) is 77.8 Å². The summed E-state index contributed by atoms with van der Waals surface area (Å²) in [5, 5.41) is 6.50. The van der Waals surface area contributed by atoms with Gasteiger partial charge in [-0.25, -0.2) is 5.90 Å². The maximum Gasteiger partial charge on any atom is -0.0683 e. The molecule has 0 heterocycles. The van der Waals surface area contributed by atoms with E-state index in [1.165, 1.54) is 0 Å². The highest BCUT2D eigenvalue weighted by Gasteiger charge is 0.932. The fraction of sp³-hybridized carbons (Fsp3) is 1.00. The Balaban J connectivity index is -0.0000000133. The molecule has 0 aromatic heterocycles. The minimum absolute atomic E-state index is 0. The summed E-state index contributed by atoms with van der Waals surface area (Å²) in [7, 11) is 0. The Morgan fingerprint density at radius 1 is 1.20 bits per heavy atom. The van der Waals surface area contributed by atoms with Crippen LogP contribution in [0, 0.1) is 0 Å². The van der Waals surface area contributed by atoms with Gasteiger partial charge < -0.3 is 10.7 Å². The summed E-state index contributed by atoms with van der Waals surface area (Å²) in [5.41, 5.74) is 0. The van der Waals surface area contributed by atoms with Gasteiger partial charge in [-0.05, 0) is 0 Å². The first-order valence-corrected chi connectivity index (χ1v) is 1.26. The second-order valence-electron chi connectivity index (χ2n) is 0. The van der Waals surface area contributed by atoms with Gasteiger partial charge in [-0.3, -0.25) is 0 Å². The molecule has 0 amide bonds. The monoisotopic (exact) mass is 81.1 g/mol. The molecular formula is C2H11NO2. The van der Waals surface area contributed by atoms with E-state index >= 15 is 0 Å². The third kappa shape index (κ3) is 952. The first-order chi connectivity index (χ1) is 2.00. The molecule has 0 radical (unpaired) electrons. The third-order valence-electron chi connectivity index (χ3n) is 0. The van der Waals surface area contributed by atoms with Crippen LogP contribution in [-0.2, 0) is 0 Å². The highest BCUT2D eigenvalue weighted by atomic mass is 16.4. The fourth-order valence-corrected chi connectivity index (χ4v) is 0. The first kappa shape index (κ1) is 20.8. The molecule has 3 heteroatoms. The number of rotatable bonds is 0. The molecule has 0 unspecified atom stereocenters. The van der Waals surface area contributed by atoms with Gasteiger partial charge in [-0.2, -0.15) is 0 Å². The number of hydrogen-bond acceptors (Lipinski definition) is 2. The first-order valence-electron chi connectivity index (χ1n) is 1.26. The van der Waals surface area contributed by atoms with Crippen LogP contribution in [0.2, 0.25) is 0 Å². The van der Waals surface area contributed by atoms with E-state index in [2.05, 4.69) is 5.90 Å². The second kappa shape index (κ2) is 2230. The van der Waals surface area contributed by atoms with Crippen molar-refractivity contribution in [2.45, 2.75) is 13.8 Å². The zero-order valence-corrected chi connectivity index (χ0v) is 3.52. The predicted octanol–water partition coefficient (Wildman–Crippen LogP) is -0.464. The van der Waals surface area contributed by atoms with Gasteiger partial charge in [0, 0.05) is 0 Å². The van der Waals surface area contributed by atoms with Crippen LogP contribution in [0.15, 0.2) is 0 Å². The van der Waals surface area contributed by atoms with E-state index in [1.807, 2.05) is 13.8 Å². The Morgan fingerprint density at radius 3 is 1.20 bits per heavy atom. The molecule has 0 aliphatic heterocycles. The summed E-state index contributed by atoms with van der Waals surface area (Å²) in [5.74, 6) is 3.50. The molecule has 36 valence electrons. The van der Waals surface area contributed by atoms with E-state index in [0.29, 0.717) is 0 Å². The lowest BCUT2D eigenvalue weighted by molar-refractivity contribution is 0.311. The van der Waals surface area contributed by atoms with Crippen molar-refractivity contribution in [2.24, 2.45) is 5.90 Å². The minimum Gasteiger partial charge on any atom is -0.412 e. The SMILES string of the molecule is CC.NO.O. The molecule has 0 fully saturated rings. The summed E-state index contributed by atoms with van der Waals surface area (Å²) < 4.78 is 0. The molecule has 0 aromatic rings.